The predicted octanol–water partition coefficient (Wildman–Crippen LogP) is 3.43. The standard InChI is InChI=1S/C16H26N2.ClH/c1-12-7-8-15(10-13(12)2)11-18-9-5-4-6-16(18)14(3)17;/h7-8,10,14,16H,4-6,9,11,17H2,1-3H3;1H. The van der Waals surface area contributed by atoms with Crippen LogP contribution in [0.25, 0.3) is 0 Å². The second kappa shape index (κ2) is 7.28. The molecule has 0 saturated carbocycles. The van der Waals surface area contributed by atoms with E-state index in [9.17, 15) is 0 Å². The van der Waals surface area contributed by atoms with Gasteiger partial charge in [-0.25, -0.2) is 0 Å². The van der Waals surface area contributed by atoms with Crippen LogP contribution in [0.5, 0.6) is 0 Å². The van der Waals surface area contributed by atoms with Crippen molar-refractivity contribution < 1.29 is 0 Å². The van der Waals surface area contributed by atoms with Gasteiger partial charge in [-0.2, -0.15) is 0 Å². The third-order valence-corrected chi connectivity index (χ3v) is 4.23. The minimum Gasteiger partial charge on any atom is -0.327 e. The Hall–Kier alpha value is -0.570. The lowest BCUT2D eigenvalue weighted by molar-refractivity contribution is 0.123. The Kier molecular flexibility index (Phi) is 6.31. The predicted molar refractivity (Wildman–Crippen MR) is 84.9 cm³/mol. The number of benzene rings is 1. The average molecular weight is 283 g/mol. The molecule has 0 aromatic heterocycles. The molecular formula is C16H27ClN2. The van der Waals surface area contributed by atoms with Crippen molar-refractivity contribution in [3.63, 3.8) is 0 Å². The summed E-state index contributed by atoms with van der Waals surface area (Å²) < 4.78 is 0. The number of hydrogen-bond donors (Lipinski definition) is 1. The van der Waals surface area contributed by atoms with Gasteiger partial charge in [0.15, 0.2) is 0 Å². The van der Waals surface area contributed by atoms with E-state index in [0.29, 0.717) is 6.04 Å². The van der Waals surface area contributed by atoms with Crippen molar-refractivity contribution >= 4 is 12.4 Å². The first-order chi connectivity index (χ1) is 8.58. The number of nitrogens with zero attached hydrogens (tertiary/aromatic N) is 1. The molecule has 2 rings (SSSR count). The number of nitrogens with two attached hydrogens (primary N) is 1. The number of piperidine rings is 1. The quantitative estimate of drug-likeness (QED) is 0.920. The van der Waals surface area contributed by atoms with Crippen LogP contribution in [0.4, 0.5) is 0 Å². The minimum absolute atomic E-state index is 0. The van der Waals surface area contributed by atoms with E-state index in [4.69, 9.17) is 5.73 Å². The van der Waals surface area contributed by atoms with Crippen LogP contribution in [0.15, 0.2) is 18.2 Å². The number of likely N-dealkylation sites (tertiary alicyclic amines) is 1. The lowest BCUT2D eigenvalue weighted by Gasteiger charge is -2.38. The van der Waals surface area contributed by atoms with Gasteiger partial charge in [0.2, 0.25) is 0 Å². The Labute approximate surface area is 123 Å². The number of halogens is 1. The first-order valence-electron chi connectivity index (χ1n) is 7.13. The molecule has 2 nitrogen and oxygen atoms in total. The smallest absolute Gasteiger partial charge is 0.0248 e. The molecule has 3 heteroatoms. The van der Waals surface area contributed by atoms with Gasteiger partial charge in [0.1, 0.15) is 0 Å². The van der Waals surface area contributed by atoms with E-state index in [2.05, 4.69) is 43.9 Å². The number of aryl methyl sites for hydroxylation is 2. The first-order valence-corrected chi connectivity index (χ1v) is 7.13. The highest BCUT2D eigenvalue weighted by atomic mass is 35.5. The van der Waals surface area contributed by atoms with Crippen LogP contribution >= 0.6 is 12.4 Å². The summed E-state index contributed by atoms with van der Waals surface area (Å²) in [6, 6.07) is 7.64. The Morgan fingerprint density at radius 1 is 1.26 bits per heavy atom. The van der Waals surface area contributed by atoms with Crippen LogP contribution < -0.4 is 5.73 Å². The first kappa shape index (κ1) is 16.5. The molecule has 1 aliphatic heterocycles. The fourth-order valence-corrected chi connectivity index (χ4v) is 2.94. The second-order valence-electron chi connectivity index (χ2n) is 5.81. The largest absolute Gasteiger partial charge is 0.327 e. The summed E-state index contributed by atoms with van der Waals surface area (Å²) in [5.41, 5.74) is 10.3. The zero-order chi connectivity index (χ0) is 13.1. The SMILES string of the molecule is Cc1ccc(CN2CCCCC2C(C)N)cc1C.Cl. The Bertz CT molecular complexity index is 404. The van der Waals surface area contributed by atoms with Gasteiger partial charge >= 0.3 is 0 Å². The molecule has 0 aliphatic carbocycles. The van der Waals surface area contributed by atoms with E-state index in [1.807, 2.05) is 0 Å². The van der Waals surface area contributed by atoms with Crippen LogP contribution in [0, 0.1) is 13.8 Å². The van der Waals surface area contributed by atoms with Gasteiger partial charge < -0.3 is 5.73 Å². The van der Waals surface area contributed by atoms with Gasteiger partial charge in [-0.3, -0.25) is 4.90 Å². The summed E-state index contributed by atoms with van der Waals surface area (Å²) in [6.07, 6.45) is 3.90. The van der Waals surface area contributed by atoms with Crippen LogP contribution in [0.3, 0.4) is 0 Å². The third kappa shape index (κ3) is 4.20. The van der Waals surface area contributed by atoms with Crippen molar-refractivity contribution in [3.05, 3.63) is 34.9 Å². The Morgan fingerprint density at radius 3 is 2.63 bits per heavy atom. The number of hydrogen-bond acceptors (Lipinski definition) is 2. The van der Waals surface area contributed by atoms with Crippen LogP contribution in [0.2, 0.25) is 0 Å². The lowest BCUT2D eigenvalue weighted by Crippen LogP contribution is -2.48. The Balaban J connectivity index is 0.00000180. The van der Waals surface area contributed by atoms with Crippen molar-refractivity contribution in [1.29, 1.82) is 0 Å². The van der Waals surface area contributed by atoms with E-state index in [1.54, 1.807) is 0 Å². The fourth-order valence-electron chi connectivity index (χ4n) is 2.94. The van der Waals surface area contributed by atoms with Crippen molar-refractivity contribution in [3.8, 4) is 0 Å². The van der Waals surface area contributed by atoms with Gasteiger partial charge in [0, 0.05) is 18.6 Å². The van der Waals surface area contributed by atoms with Crippen molar-refractivity contribution in [1.82, 2.24) is 4.90 Å². The van der Waals surface area contributed by atoms with Crippen molar-refractivity contribution in [2.75, 3.05) is 6.54 Å². The van der Waals surface area contributed by atoms with E-state index in [1.165, 1.54) is 42.5 Å². The third-order valence-electron chi connectivity index (χ3n) is 4.23. The minimum atomic E-state index is 0. The van der Waals surface area contributed by atoms with E-state index >= 15 is 0 Å². The summed E-state index contributed by atoms with van der Waals surface area (Å²) in [6.45, 7) is 8.75. The van der Waals surface area contributed by atoms with Crippen LogP contribution in [0.1, 0.15) is 42.9 Å². The molecule has 108 valence electrons. The molecule has 2 N–H and O–H groups in total. The molecule has 0 spiro atoms. The molecule has 1 heterocycles. The molecule has 1 aromatic carbocycles. The maximum Gasteiger partial charge on any atom is 0.0248 e. The van der Waals surface area contributed by atoms with Crippen molar-refractivity contribution in [2.45, 2.75) is 58.7 Å². The average Bonchev–Trinajstić information content (AvgIpc) is 2.34. The molecule has 1 aliphatic rings. The molecule has 1 fully saturated rings. The normalized spacial score (nSPS) is 21.8. The van der Waals surface area contributed by atoms with E-state index < -0.39 is 0 Å². The molecule has 2 atom stereocenters. The maximum absolute atomic E-state index is 6.12. The zero-order valence-corrected chi connectivity index (χ0v) is 13.2. The molecule has 1 aromatic rings. The topological polar surface area (TPSA) is 29.3 Å². The fraction of sp³-hybridized carbons (Fsp3) is 0.625. The number of rotatable bonds is 3. The summed E-state index contributed by atoms with van der Waals surface area (Å²) >= 11 is 0. The van der Waals surface area contributed by atoms with E-state index in [0.717, 1.165) is 6.54 Å². The molecule has 19 heavy (non-hydrogen) atoms. The molecular weight excluding hydrogens is 256 g/mol. The van der Waals surface area contributed by atoms with Gasteiger partial charge in [-0.05, 0) is 56.8 Å². The van der Waals surface area contributed by atoms with Crippen LogP contribution in [-0.2, 0) is 6.54 Å². The monoisotopic (exact) mass is 282 g/mol. The maximum atomic E-state index is 6.12. The van der Waals surface area contributed by atoms with Gasteiger partial charge in [-0.1, -0.05) is 24.6 Å². The highest BCUT2D eigenvalue weighted by Crippen LogP contribution is 2.22. The summed E-state index contributed by atoms with van der Waals surface area (Å²) in [4.78, 5) is 2.57. The Morgan fingerprint density at radius 2 is 2.00 bits per heavy atom. The molecule has 1 saturated heterocycles. The molecule has 2 unspecified atom stereocenters. The molecule has 0 amide bonds. The highest BCUT2D eigenvalue weighted by Gasteiger charge is 2.25. The van der Waals surface area contributed by atoms with Gasteiger partial charge in [0.25, 0.3) is 0 Å². The molecule has 0 bridgehead atoms. The van der Waals surface area contributed by atoms with Gasteiger partial charge in [-0.15, -0.1) is 12.4 Å². The van der Waals surface area contributed by atoms with E-state index in [-0.39, 0.29) is 18.4 Å². The lowest BCUT2D eigenvalue weighted by atomic mass is 9.96. The second-order valence-corrected chi connectivity index (χ2v) is 5.81. The highest BCUT2D eigenvalue weighted by molar-refractivity contribution is 5.85. The summed E-state index contributed by atoms with van der Waals surface area (Å²) in [5.74, 6) is 0. The summed E-state index contributed by atoms with van der Waals surface area (Å²) in [7, 11) is 0. The zero-order valence-electron chi connectivity index (χ0n) is 12.4. The van der Waals surface area contributed by atoms with Gasteiger partial charge in [0.05, 0.1) is 0 Å². The molecule has 0 radical (unpaired) electrons. The van der Waals surface area contributed by atoms with Crippen molar-refractivity contribution in [2.24, 2.45) is 5.73 Å². The summed E-state index contributed by atoms with van der Waals surface area (Å²) in [5, 5.41) is 0. The van der Waals surface area contributed by atoms with Crippen LogP contribution in [-0.4, -0.2) is 23.5 Å².